The molecule has 0 radical (unpaired) electrons. The first-order valence-corrected chi connectivity index (χ1v) is 10.6. The maximum Gasteiger partial charge on any atom is 0.270 e. The number of anilines is 1. The van der Waals surface area contributed by atoms with E-state index in [4.69, 9.17) is 15.2 Å². The lowest BCUT2D eigenvalue weighted by molar-refractivity contribution is -0.0464. The zero-order valence-electron chi connectivity index (χ0n) is 17.8. The van der Waals surface area contributed by atoms with Gasteiger partial charge in [0.15, 0.2) is 0 Å². The number of amides is 2. The minimum Gasteiger partial charge on any atom is -0.453 e. The monoisotopic (exact) mass is 450 g/mol. The fourth-order valence-corrected chi connectivity index (χ4v) is 4.20. The van der Waals surface area contributed by atoms with Crippen LogP contribution < -0.4 is 5.73 Å². The molecule has 0 bridgehead atoms. The number of nitrogens with zero attached hydrogens (tertiary/aromatic N) is 2. The van der Waals surface area contributed by atoms with Crippen molar-refractivity contribution in [1.29, 1.82) is 0 Å². The Hall–Kier alpha value is -4.85. The van der Waals surface area contributed by atoms with Crippen molar-refractivity contribution in [3.63, 3.8) is 0 Å². The Morgan fingerprint density at radius 2 is 1.76 bits per heavy atom. The Balaban J connectivity index is 1.26. The number of imide groups is 1. The van der Waals surface area contributed by atoms with E-state index in [9.17, 15) is 9.59 Å². The molecule has 3 aromatic carbocycles. The Morgan fingerprint density at radius 3 is 2.65 bits per heavy atom. The molecule has 0 spiro atoms. The molecular formula is C26H18N4O4. The lowest BCUT2D eigenvalue weighted by atomic mass is 10.1. The number of nitrogens with one attached hydrogen (secondary N) is 1. The summed E-state index contributed by atoms with van der Waals surface area (Å²) < 4.78 is 11.6. The van der Waals surface area contributed by atoms with Gasteiger partial charge in [0, 0.05) is 16.6 Å². The van der Waals surface area contributed by atoms with E-state index in [-0.39, 0.29) is 22.7 Å². The number of H-pyrrole nitrogens is 1. The normalized spacial score (nSPS) is 17.2. The fourth-order valence-electron chi connectivity index (χ4n) is 4.20. The van der Waals surface area contributed by atoms with E-state index in [1.807, 2.05) is 60.7 Å². The quantitative estimate of drug-likeness (QED) is 0.351. The Bertz CT molecular complexity index is 1530. The molecule has 0 saturated heterocycles. The summed E-state index contributed by atoms with van der Waals surface area (Å²) in [5.74, 6) is -1.01. The molecule has 8 nitrogen and oxygen atoms in total. The van der Waals surface area contributed by atoms with Crippen molar-refractivity contribution in [2.45, 2.75) is 6.29 Å². The maximum absolute atomic E-state index is 12.9. The molecule has 1 atom stereocenters. The smallest absolute Gasteiger partial charge is 0.270 e. The molecule has 1 unspecified atom stereocenters. The summed E-state index contributed by atoms with van der Waals surface area (Å²) in [6, 6.07) is 20.2. The third-order valence-electron chi connectivity index (χ3n) is 5.86. The molecule has 6 rings (SSSR count). The standard InChI is InChI=1S/C26H18N4O4/c27-19-10-5-9-18-23(19)25(32)30(24(18)31)22-14-33-26(34-22)16-7-2-1-6-15(16)12-13-21-17-8-3-4-11-20(17)28-29-21/h1-14,26H,27H2,(H,28,29)/b13-12+. The van der Waals surface area contributed by atoms with Gasteiger partial charge in [-0.2, -0.15) is 5.10 Å². The Labute approximate surface area is 193 Å². The average Bonchev–Trinajstić information content (AvgIpc) is 3.55. The molecule has 0 aliphatic carbocycles. The van der Waals surface area contributed by atoms with Crippen LogP contribution in [0.15, 0.2) is 78.9 Å². The number of ether oxygens (including phenoxy) is 2. The SMILES string of the molecule is Nc1cccc2c1C(=O)N(C1=COC(c3ccccc3/C=C/c3n[nH]c4ccccc34)O1)C2=O. The van der Waals surface area contributed by atoms with Crippen LogP contribution in [-0.2, 0) is 9.47 Å². The fraction of sp³-hybridized carbons (Fsp3) is 0.0385. The summed E-state index contributed by atoms with van der Waals surface area (Å²) in [7, 11) is 0. The highest BCUT2D eigenvalue weighted by Crippen LogP contribution is 2.37. The van der Waals surface area contributed by atoms with Crippen LogP contribution in [0, 0.1) is 0 Å². The van der Waals surface area contributed by atoms with Crippen LogP contribution in [0.25, 0.3) is 23.1 Å². The number of aromatic amines is 1. The minimum atomic E-state index is -0.826. The second-order valence-electron chi connectivity index (χ2n) is 7.87. The Kier molecular flexibility index (Phi) is 4.44. The number of rotatable bonds is 4. The number of hydrogen-bond donors (Lipinski definition) is 2. The number of nitrogen functional groups attached to an aromatic ring is 1. The molecule has 3 N–H and O–H groups in total. The summed E-state index contributed by atoms with van der Waals surface area (Å²) in [6.45, 7) is 0. The number of nitrogens with two attached hydrogens (primary N) is 1. The second-order valence-corrected chi connectivity index (χ2v) is 7.87. The number of para-hydroxylation sites is 1. The molecule has 34 heavy (non-hydrogen) atoms. The minimum absolute atomic E-state index is 0.0210. The first-order valence-electron chi connectivity index (χ1n) is 10.6. The Morgan fingerprint density at radius 1 is 0.941 bits per heavy atom. The zero-order chi connectivity index (χ0) is 23.2. The molecule has 0 saturated carbocycles. The van der Waals surface area contributed by atoms with Crippen LogP contribution in [-0.4, -0.2) is 26.9 Å². The van der Waals surface area contributed by atoms with Crippen LogP contribution in [0.2, 0.25) is 0 Å². The van der Waals surface area contributed by atoms with Crippen LogP contribution in [0.5, 0.6) is 0 Å². The molecule has 166 valence electrons. The molecule has 3 heterocycles. The van der Waals surface area contributed by atoms with E-state index in [0.29, 0.717) is 0 Å². The van der Waals surface area contributed by atoms with Gasteiger partial charge < -0.3 is 15.2 Å². The van der Waals surface area contributed by atoms with Gasteiger partial charge in [0.1, 0.15) is 6.26 Å². The third kappa shape index (κ3) is 3.04. The van der Waals surface area contributed by atoms with Crippen molar-refractivity contribution >= 4 is 40.6 Å². The van der Waals surface area contributed by atoms with E-state index < -0.39 is 18.1 Å². The van der Waals surface area contributed by atoms with Gasteiger partial charge in [-0.25, -0.2) is 4.90 Å². The van der Waals surface area contributed by atoms with Crippen LogP contribution in [0.4, 0.5) is 5.69 Å². The number of hydrogen-bond acceptors (Lipinski definition) is 6. The highest BCUT2D eigenvalue weighted by molar-refractivity contribution is 6.24. The molecule has 0 fully saturated rings. The van der Waals surface area contributed by atoms with E-state index in [1.54, 1.807) is 18.2 Å². The molecular weight excluding hydrogens is 432 g/mol. The van der Waals surface area contributed by atoms with Crippen molar-refractivity contribution in [3.05, 3.63) is 107 Å². The third-order valence-corrected chi connectivity index (χ3v) is 5.86. The van der Waals surface area contributed by atoms with Crippen LogP contribution in [0.1, 0.15) is 43.8 Å². The molecule has 4 aromatic rings. The van der Waals surface area contributed by atoms with Crippen molar-refractivity contribution < 1.29 is 19.1 Å². The van der Waals surface area contributed by atoms with Crippen LogP contribution in [0.3, 0.4) is 0 Å². The zero-order valence-corrected chi connectivity index (χ0v) is 17.8. The van der Waals surface area contributed by atoms with Gasteiger partial charge in [-0.3, -0.25) is 14.7 Å². The van der Waals surface area contributed by atoms with Crippen LogP contribution >= 0.6 is 0 Å². The largest absolute Gasteiger partial charge is 0.453 e. The predicted octanol–water partition coefficient (Wildman–Crippen LogP) is 4.46. The average molecular weight is 450 g/mol. The number of benzene rings is 3. The molecule has 2 aliphatic heterocycles. The first kappa shape index (κ1) is 19.8. The van der Waals surface area contributed by atoms with Gasteiger partial charge in [-0.05, 0) is 29.8 Å². The van der Waals surface area contributed by atoms with Gasteiger partial charge in [-0.1, -0.05) is 54.6 Å². The summed E-state index contributed by atoms with van der Waals surface area (Å²) in [6.07, 6.45) is 4.29. The number of carbonyl (C=O) groups is 2. The second kappa shape index (κ2) is 7.63. The van der Waals surface area contributed by atoms with Crippen molar-refractivity contribution in [2.75, 3.05) is 5.73 Å². The highest BCUT2D eigenvalue weighted by atomic mass is 16.7. The summed E-state index contributed by atoms with van der Waals surface area (Å²) in [5, 5.41) is 8.40. The number of carbonyl (C=O) groups excluding carboxylic acids is 2. The first-order chi connectivity index (χ1) is 16.6. The molecule has 2 aliphatic rings. The lowest BCUT2D eigenvalue weighted by Gasteiger charge is -2.17. The van der Waals surface area contributed by atoms with Crippen molar-refractivity contribution in [2.24, 2.45) is 0 Å². The van der Waals surface area contributed by atoms with Crippen molar-refractivity contribution in [1.82, 2.24) is 15.1 Å². The molecule has 8 heteroatoms. The van der Waals surface area contributed by atoms with E-state index in [0.717, 1.165) is 32.6 Å². The topological polar surface area (TPSA) is 111 Å². The maximum atomic E-state index is 12.9. The number of aromatic nitrogens is 2. The van der Waals surface area contributed by atoms with Gasteiger partial charge in [0.05, 0.1) is 22.3 Å². The molecule has 1 aromatic heterocycles. The highest BCUT2D eigenvalue weighted by Gasteiger charge is 2.42. The van der Waals surface area contributed by atoms with Gasteiger partial charge in [-0.15, -0.1) is 0 Å². The summed E-state index contributed by atoms with van der Waals surface area (Å²) in [5.41, 5.74) is 9.93. The van der Waals surface area contributed by atoms with E-state index in [1.165, 1.54) is 6.26 Å². The lowest BCUT2D eigenvalue weighted by Crippen LogP contribution is -2.29. The van der Waals surface area contributed by atoms with Gasteiger partial charge in [0.2, 0.25) is 5.88 Å². The van der Waals surface area contributed by atoms with E-state index >= 15 is 0 Å². The van der Waals surface area contributed by atoms with Gasteiger partial charge in [0.25, 0.3) is 18.1 Å². The van der Waals surface area contributed by atoms with Crippen molar-refractivity contribution in [3.8, 4) is 0 Å². The van der Waals surface area contributed by atoms with Gasteiger partial charge >= 0.3 is 0 Å². The number of fused-ring (bicyclic) bond motifs is 2. The molecule has 2 amide bonds. The van der Waals surface area contributed by atoms with E-state index in [2.05, 4.69) is 10.2 Å². The summed E-state index contributed by atoms with van der Waals surface area (Å²) >= 11 is 0. The summed E-state index contributed by atoms with van der Waals surface area (Å²) in [4.78, 5) is 26.7. The predicted molar refractivity (Wildman–Crippen MR) is 126 cm³/mol.